The predicted molar refractivity (Wildman–Crippen MR) is 70.1 cm³/mol. The fraction of sp³-hybridized carbons (Fsp3) is 0.500. The van der Waals surface area contributed by atoms with E-state index in [-0.39, 0.29) is 24.2 Å². The Morgan fingerprint density at radius 1 is 1.42 bits per heavy atom. The third kappa shape index (κ3) is 3.17. The van der Waals surface area contributed by atoms with Gasteiger partial charge < -0.3 is 20.3 Å². The molecule has 0 spiro atoms. The highest BCUT2D eigenvalue weighted by Crippen LogP contribution is 2.32. The third-order valence-corrected chi connectivity index (χ3v) is 4.73. The first-order valence-corrected chi connectivity index (χ1v) is 7.70. The Balaban J connectivity index is 2.13. The van der Waals surface area contributed by atoms with Crippen molar-refractivity contribution in [3.05, 3.63) is 23.8 Å². The van der Waals surface area contributed by atoms with Crippen LogP contribution in [0.25, 0.3) is 0 Å². The summed E-state index contributed by atoms with van der Waals surface area (Å²) in [5.74, 6) is 0.983. The quantitative estimate of drug-likeness (QED) is 0.782. The second-order valence-electron chi connectivity index (χ2n) is 4.48. The molecule has 6 nitrogen and oxygen atoms in total. The van der Waals surface area contributed by atoms with Gasteiger partial charge in [0.2, 0.25) is 0 Å². The maximum Gasteiger partial charge on any atom is 0.161 e. The Kier molecular flexibility index (Phi) is 3.98. The number of aliphatic hydroxyl groups is 1. The summed E-state index contributed by atoms with van der Waals surface area (Å²) in [6.07, 6.45) is -1.09. The van der Waals surface area contributed by atoms with Gasteiger partial charge in [0.15, 0.2) is 21.3 Å². The number of aliphatic hydroxyl groups excluding tert-OH is 1. The maximum atomic E-state index is 11.1. The molecule has 1 aliphatic rings. The predicted octanol–water partition coefficient (Wildman–Crippen LogP) is -0.137. The minimum absolute atomic E-state index is 0.0311. The molecule has 0 radical (unpaired) electrons. The minimum Gasteiger partial charge on any atom is -0.493 e. The summed E-state index contributed by atoms with van der Waals surface area (Å²) in [6, 6.07) is 4.97. The Hall–Kier alpha value is -1.31. The van der Waals surface area contributed by atoms with Gasteiger partial charge in [0, 0.05) is 6.54 Å². The molecule has 1 fully saturated rings. The first-order chi connectivity index (χ1) is 8.95. The summed E-state index contributed by atoms with van der Waals surface area (Å²) in [7, 11) is -1.43. The molecule has 0 bridgehead atoms. The van der Waals surface area contributed by atoms with E-state index in [1.807, 2.05) is 0 Å². The Morgan fingerprint density at radius 2 is 2.11 bits per heavy atom. The first-order valence-electron chi connectivity index (χ1n) is 5.88. The van der Waals surface area contributed by atoms with Crippen LogP contribution in [-0.4, -0.2) is 44.8 Å². The van der Waals surface area contributed by atoms with Crippen molar-refractivity contribution in [3.8, 4) is 11.5 Å². The molecule has 0 saturated carbocycles. The summed E-state index contributed by atoms with van der Waals surface area (Å²) in [6.45, 7) is 0.115. The van der Waals surface area contributed by atoms with Crippen molar-refractivity contribution < 1.29 is 23.0 Å². The highest BCUT2D eigenvalue weighted by molar-refractivity contribution is 7.92. The fourth-order valence-electron chi connectivity index (χ4n) is 1.89. The highest BCUT2D eigenvalue weighted by Gasteiger charge is 2.35. The van der Waals surface area contributed by atoms with Crippen LogP contribution in [0.2, 0.25) is 0 Å². The molecular formula is C12H17NO5S. The van der Waals surface area contributed by atoms with Crippen LogP contribution in [0, 0.1) is 0 Å². The lowest BCUT2D eigenvalue weighted by atomic mass is 10.1. The zero-order valence-corrected chi connectivity index (χ0v) is 11.4. The molecule has 7 heteroatoms. The van der Waals surface area contributed by atoms with E-state index in [0.29, 0.717) is 17.1 Å². The molecular weight excluding hydrogens is 270 g/mol. The van der Waals surface area contributed by atoms with E-state index in [2.05, 4.69) is 0 Å². The minimum atomic E-state index is -2.92. The van der Waals surface area contributed by atoms with Crippen LogP contribution < -0.4 is 15.2 Å². The van der Waals surface area contributed by atoms with E-state index in [1.165, 1.54) is 7.11 Å². The average molecular weight is 287 g/mol. The molecule has 2 rings (SSSR count). The Labute approximate surface area is 112 Å². The van der Waals surface area contributed by atoms with Crippen LogP contribution >= 0.6 is 0 Å². The van der Waals surface area contributed by atoms with E-state index in [4.69, 9.17) is 15.2 Å². The van der Waals surface area contributed by atoms with Crippen molar-refractivity contribution in [3.63, 3.8) is 0 Å². The van der Waals surface area contributed by atoms with Crippen molar-refractivity contribution in [1.29, 1.82) is 0 Å². The van der Waals surface area contributed by atoms with Crippen molar-refractivity contribution >= 4 is 9.84 Å². The summed E-state index contributed by atoms with van der Waals surface area (Å²) in [4.78, 5) is 0. The summed E-state index contributed by atoms with van der Waals surface area (Å²) >= 11 is 0. The van der Waals surface area contributed by atoms with Gasteiger partial charge in [-0.3, -0.25) is 0 Å². The molecule has 1 unspecified atom stereocenters. The number of nitrogens with two attached hydrogens (primary N) is 1. The van der Waals surface area contributed by atoms with Crippen molar-refractivity contribution in [2.75, 3.05) is 25.2 Å². The third-order valence-electron chi connectivity index (χ3n) is 2.97. The van der Waals surface area contributed by atoms with Gasteiger partial charge in [-0.05, 0) is 17.7 Å². The SMILES string of the molecule is COc1cc(C(O)CN)ccc1OC1CS(=O)(=O)C1. The molecule has 0 aliphatic carbocycles. The molecule has 1 atom stereocenters. The first kappa shape index (κ1) is 14.1. The zero-order chi connectivity index (χ0) is 14.0. The maximum absolute atomic E-state index is 11.1. The number of benzene rings is 1. The van der Waals surface area contributed by atoms with Crippen LogP contribution in [0.15, 0.2) is 18.2 Å². The van der Waals surface area contributed by atoms with Gasteiger partial charge in [0.25, 0.3) is 0 Å². The molecule has 3 N–H and O–H groups in total. The van der Waals surface area contributed by atoms with Gasteiger partial charge in [-0.15, -0.1) is 0 Å². The number of hydrogen-bond acceptors (Lipinski definition) is 6. The molecule has 1 aliphatic heterocycles. The molecule has 1 saturated heterocycles. The molecule has 1 aromatic carbocycles. The van der Waals surface area contributed by atoms with Crippen molar-refractivity contribution in [2.24, 2.45) is 5.73 Å². The number of sulfone groups is 1. The monoisotopic (exact) mass is 287 g/mol. The Bertz CT molecular complexity index is 545. The Morgan fingerprint density at radius 3 is 2.63 bits per heavy atom. The smallest absolute Gasteiger partial charge is 0.161 e. The van der Waals surface area contributed by atoms with Gasteiger partial charge in [-0.25, -0.2) is 8.42 Å². The van der Waals surface area contributed by atoms with E-state index in [9.17, 15) is 13.5 Å². The molecule has 0 amide bonds. The van der Waals surface area contributed by atoms with Crippen molar-refractivity contribution in [2.45, 2.75) is 12.2 Å². The summed E-state index contributed by atoms with van der Waals surface area (Å²) in [5.41, 5.74) is 6.02. The van der Waals surface area contributed by atoms with Crippen molar-refractivity contribution in [1.82, 2.24) is 0 Å². The van der Waals surface area contributed by atoms with Gasteiger partial charge >= 0.3 is 0 Å². The van der Waals surface area contributed by atoms with E-state index >= 15 is 0 Å². The topological polar surface area (TPSA) is 98.8 Å². The summed E-state index contributed by atoms with van der Waals surface area (Å²) in [5, 5.41) is 9.65. The van der Waals surface area contributed by atoms with Crippen LogP contribution in [0.1, 0.15) is 11.7 Å². The standard InChI is InChI=1S/C12H17NO5S/c1-17-12-4-8(10(14)5-13)2-3-11(12)18-9-6-19(15,16)7-9/h2-4,9-10,14H,5-7,13H2,1H3. The molecule has 1 heterocycles. The average Bonchev–Trinajstić information content (AvgIpc) is 2.36. The fourth-order valence-corrected chi connectivity index (χ4v) is 3.06. The van der Waals surface area contributed by atoms with Gasteiger partial charge in [0.1, 0.15) is 6.10 Å². The van der Waals surface area contributed by atoms with Gasteiger partial charge in [-0.1, -0.05) is 6.07 Å². The van der Waals surface area contributed by atoms with Gasteiger partial charge in [0.05, 0.1) is 24.7 Å². The number of hydrogen-bond donors (Lipinski definition) is 2. The number of methoxy groups -OCH3 is 1. The number of rotatable bonds is 5. The normalized spacial score (nSPS) is 19.5. The molecule has 19 heavy (non-hydrogen) atoms. The highest BCUT2D eigenvalue weighted by atomic mass is 32.2. The lowest BCUT2D eigenvalue weighted by Gasteiger charge is -2.27. The lowest BCUT2D eigenvalue weighted by Crippen LogP contribution is -2.45. The van der Waals surface area contributed by atoms with E-state index in [1.54, 1.807) is 18.2 Å². The van der Waals surface area contributed by atoms with E-state index < -0.39 is 15.9 Å². The van der Waals surface area contributed by atoms with Crippen LogP contribution in [0.3, 0.4) is 0 Å². The second kappa shape index (κ2) is 5.36. The molecule has 0 aromatic heterocycles. The van der Waals surface area contributed by atoms with Gasteiger partial charge in [-0.2, -0.15) is 0 Å². The van der Waals surface area contributed by atoms with Crippen LogP contribution in [0.5, 0.6) is 11.5 Å². The largest absolute Gasteiger partial charge is 0.493 e. The number of ether oxygens (including phenoxy) is 2. The van der Waals surface area contributed by atoms with Crippen LogP contribution in [0.4, 0.5) is 0 Å². The lowest BCUT2D eigenvalue weighted by molar-refractivity contribution is 0.185. The van der Waals surface area contributed by atoms with E-state index in [0.717, 1.165) is 0 Å². The molecule has 106 valence electrons. The van der Waals surface area contributed by atoms with Crippen LogP contribution in [-0.2, 0) is 9.84 Å². The summed E-state index contributed by atoms with van der Waals surface area (Å²) < 4.78 is 32.9. The second-order valence-corrected chi connectivity index (χ2v) is 6.63. The zero-order valence-electron chi connectivity index (χ0n) is 10.6. The molecule has 1 aromatic rings.